The van der Waals surface area contributed by atoms with E-state index < -0.39 is 23.4 Å². The van der Waals surface area contributed by atoms with Gasteiger partial charge in [-0.25, -0.2) is 13.8 Å². The zero-order chi connectivity index (χ0) is 21.8. The number of H-pyrrole nitrogens is 1. The van der Waals surface area contributed by atoms with Crippen LogP contribution < -0.4 is 10.6 Å². The van der Waals surface area contributed by atoms with Crippen molar-refractivity contribution in [2.24, 2.45) is 0 Å². The van der Waals surface area contributed by atoms with E-state index in [9.17, 15) is 23.2 Å². The first-order valence-electron chi connectivity index (χ1n) is 8.74. The van der Waals surface area contributed by atoms with E-state index >= 15 is 0 Å². The zero-order valence-corrected chi connectivity index (χ0v) is 16.3. The molecule has 2 aromatic carbocycles. The number of nitrogens with zero attached hydrogens (tertiary/aromatic N) is 1. The Kier molecular flexibility index (Phi) is 6.22. The topological polar surface area (TPSA) is 104 Å². The summed E-state index contributed by atoms with van der Waals surface area (Å²) in [5, 5.41) is 4.67. The van der Waals surface area contributed by atoms with Gasteiger partial charge in [-0.3, -0.25) is 14.4 Å². The summed E-state index contributed by atoms with van der Waals surface area (Å²) in [6.07, 6.45) is 1.39. The molecule has 0 fully saturated rings. The van der Waals surface area contributed by atoms with E-state index in [4.69, 9.17) is 11.6 Å². The van der Waals surface area contributed by atoms with Gasteiger partial charge in [0.05, 0.1) is 22.6 Å². The van der Waals surface area contributed by atoms with E-state index in [0.29, 0.717) is 0 Å². The predicted octanol–water partition coefficient (Wildman–Crippen LogP) is 4.44. The molecular weight excluding hydrogens is 418 g/mol. The maximum Gasteiger partial charge on any atom is 0.274 e. The molecule has 3 rings (SSSR count). The van der Waals surface area contributed by atoms with Crippen LogP contribution in [0, 0.1) is 11.6 Å². The predicted molar refractivity (Wildman–Crippen MR) is 107 cm³/mol. The molecule has 0 aliphatic carbocycles. The number of hydrogen-bond acceptors (Lipinski definition) is 4. The summed E-state index contributed by atoms with van der Waals surface area (Å²) in [7, 11) is 0. The van der Waals surface area contributed by atoms with E-state index in [1.54, 1.807) is 6.92 Å². The van der Waals surface area contributed by atoms with Gasteiger partial charge in [-0.05, 0) is 36.4 Å². The van der Waals surface area contributed by atoms with Crippen molar-refractivity contribution in [1.82, 2.24) is 9.97 Å². The third-order valence-corrected chi connectivity index (χ3v) is 4.42. The van der Waals surface area contributed by atoms with E-state index in [1.807, 2.05) is 0 Å². The molecule has 0 atom stereocenters. The highest BCUT2D eigenvalue weighted by Gasteiger charge is 2.20. The van der Waals surface area contributed by atoms with Gasteiger partial charge in [0.25, 0.3) is 11.8 Å². The van der Waals surface area contributed by atoms with Gasteiger partial charge in [-0.2, -0.15) is 0 Å². The van der Waals surface area contributed by atoms with Crippen LogP contribution in [-0.2, 0) is 0 Å². The molecular formula is C20H15ClF2N4O3. The van der Waals surface area contributed by atoms with Gasteiger partial charge in [0.15, 0.2) is 5.78 Å². The van der Waals surface area contributed by atoms with Gasteiger partial charge in [-0.1, -0.05) is 18.5 Å². The maximum atomic E-state index is 14.4. The summed E-state index contributed by atoms with van der Waals surface area (Å²) in [5.41, 5.74) is -0.134. The molecule has 0 radical (unpaired) electrons. The number of aromatic amines is 1. The smallest absolute Gasteiger partial charge is 0.274 e. The number of benzene rings is 2. The first-order valence-corrected chi connectivity index (χ1v) is 9.11. The molecule has 0 aliphatic heterocycles. The molecule has 1 aromatic heterocycles. The third kappa shape index (κ3) is 4.52. The van der Waals surface area contributed by atoms with Crippen molar-refractivity contribution in [1.29, 1.82) is 0 Å². The van der Waals surface area contributed by atoms with Gasteiger partial charge in [0.2, 0.25) is 0 Å². The van der Waals surface area contributed by atoms with Crippen LogP contribution in [-0.4, -0.2) is 27.6 Å². The summed E-state index contributed by atoms with van der Waals surface area (Å²) >= 11 is 5.83. The Hall–Kier alpha value is -3.59. The summed E-state index contributed by atoms with van der Waals surface area (Å²) < 4.78 is 27.5. The number of Topliss-reactive ketones (excluding diaryl/α,β-unsaturated/α-hetero) is 1. The lowest BCUT2D eigenvalue weighted by Crippen LogP contribution is -2.17. The van der Waals surface area contributed by atoms with Crippen LogP contribution in [0.3, 0.4) is 0 Å². The molecule has 154 valence electrons. The fourth-order valence-corrected chi connectivity index (χ4v) is 2.85. The normalized spacial score (nSPS) is 10.5. The maximum absolute atomic E-state index is 14.4. The molecule has 0 bridgehead atoms. The number of anilines is 2. The number of halogens is 3. The Morgan fingerprint density at radius 3 is 2.50 bits per heavy atom. The minimum atomic E-state index is -0.825. The molecule has 0 saturated heterocycles. The molecule has 10 heteroatoms. The third-order valence-electron chi connectivity index (χ3n) is 4.10. The van der Waals surface area contributed by atoms with Crippen molar-refractivity contribution in [2.75, 3.05) is 10.6 Å². The summed E-state index contributed by atoms with van der Waals surface area (Å²) in [5.74, 6) is -3.14. The molecule has 0 aliphatic rings. The summed E-state index contributed by atoms with van der Waals surface area (Å²) in [6, 6.07) is 6.81. The minimum Gasteiger partial charge on any atom is -0.340 e. The van der Waals surface area contributed by atoms with Crippen LogP contribution >= 0.6 is 11.6 Å². The van der Waals surface area contributed by atoms with Gasteiger partial charge in [-0.15, -0.1) is 0 Å². The average Bonchev–Trinajstić information content (AvgIpc) is 3.19. The number of carbonyl (C=O) groups excluding carboxylic acids is 3. The fourth-order valence-electron chi connectivity index (χ4n) is 2.60. The van der Waals surface area contributed by atoms with Crippen molar-refractivity contribution in [3.63, 3.8) is 0 Å². The zero-order valence-electron chi connectivity index (χ0n) is 15.6. The average molecular weight is 433 g/mol. The monoisotopic (exact) mass is 432 g/mol. The minimum absolute atomic E-state index is 0.00414. The summed E-state index contributed by atoms with van der Waals surface area (Å²) in [4.78, 5) is 42.9. The summed E-state index contributed by atoms with van der Waals surface area (Å²) in [6.45, 7) is 1.64. The van der Waals surface area contributed by atoms with Crippen molar-refractivity contribution in [3.05, 3.63) is 76.3 Å². The second-order valence-electron chi connectivity index (χ2n) is 6.13. The second-order valence-corrected chi connectivity index (χ2v) is 6.54. The number of hydrogen-bond donors (Lipinski definition) is 3. The van der Waals surface area contributed by atoms with Crippen LogP contribution in [0.2, 0.25) is 5.02 Å². The highest BCUT2D eigenvalue weighted by Crippen LogP contribution is 2.23. The number of carbonyl (C=O) groups is 3. The van der Waals surface area contributed by atoms with Crippen LogP contribution in [0.1, 0.15) is 44.7 Å². The lowest BCUT2D eigenvalue weighted by atomic mass is 10.1. The Morgan fingerprint density at radius 2 is 1.83 bits per heavy atom. The molecule has 30 heavy (non-hydrogen) atoms. The van der Waals surface area contributed by atoms with E-state index in [2.05, 4.69) is 20.6 Å². The van der Waals surface area contributed by atoms with E-state index in [0.717, 1.165) is 18.2 Å². The first kappa shape index (κ1) is 21.1. The highest BCUT2D eigenvalue weighted by atomic mass is 35.5. The van der Waals surface area contributed by atoms with Crippen molar-refractivity contribution < 1.29 is 23.2 Å². The molecule has 0 unspecified atom stereocenters. The molecule has 7 nitrogen and oxygen atoms in total. The number of ketones is 1. The lowest BCUT2D eigenvalue weighted by molar-refractivity contribution is 0.0963. The van der Waals surface area contributed by atoms with Gasteiger partial charge in [0, 0.05) is 12.1 Å². The molecule has 0 spiro atoms. The van der Waals surface area contributed by atoms with Crippen LogP contribution in [0.5, 0.6) is 0 Å². The quantitative estimate of drug-likeness (QED) is 0.501. The standard InChI is InChI=1S/C20H15ClF2N4O3/c1-2-16(28)17-18(25-9-24-17)20(30)26-11-4-6-15(14(23)8-11)27-19(29)12-5-3-10(22)7-13(12)21/h3-9H,2H2,1H3,(H,24,25)(H,26,30)(H,27,29). The second kappa shape index (κ2) is 8.83. The van der Waals surface area contributed by atoms with Crippen molar-refractivity contribution in [2.45, 2.75) is 13.3 Å². The van der Waals surface area contributed by atoms with Crippen LogP contribution in [0.25, 0.3) is 0 Å². The Labute approximate surface area is 174 Å². The van der Waals surface area contributed by atoms with Crippen molar-refractivity contribution >= 4 is 40.6 Å². The first-order chi connectivity index (χ1) is 14.3. The largest absolute Gasteiger partial charge is 0.340 e. The molecule has 3 aromatic rings. The highest BCUT2D eigenvalue weighted by molar-refractivity contribution is 6.34. The molecule has 3 N–H and O–H groups in total. The van der Waals surface area contributed by atoms with Crippen LogP contribution in [0.4, 0.5) is 20.2 Å². The number of nitrogens with one attached hydrogen (secondary N) is 3. The molecule has 1 heterocycles. The van der Waals surface area contributed by atoms with Gasteiger partial charge >= 0.3 is 0 Å². The lowest BCUT2D eigenvalue weighted by Gasteiger charge is -2.10. The number of rotatable bonds is 6. The molecule has 2 amide bonds. The van der Waals surface area contributed by atoms with E-state index in [-0.39, 0.29) is 45.6 Å². The van der Waals surface area contributed by atoms with E-state index in [1.165, 1.54) is 24.5 Å². The Balaban J connectivity index is 1.74. The number of aromatic nitrogens is 2. The number of imidazole rings is 1. The van der Waals surface area contributed by atoms with Crippen molar-refractivity contribution in [3.8, 4) is 0 Å². The van der Waals surface area contributed by atoms with Gasteiger partial charge < -0.3 is 15.6 Å². The number of amides is 2. The Bertz CT molecular complexity index is 1150. The van der Waals surface area contributed by atoms with Gasteiger partial charge in [0.1, 0.15) is 23.0 Å². The molecule has 0 saturated carbocycles. The SMILES string of the molecule is CCC(=O)c1nc[nH]c1C(=O)Nc1ccc(NC(=O)c2ccc(F)cc2Cl)c(F)c1. The fraction of sp³-hybridized carbons (Fsp3) is 0.100. The van der Waals surface area contributed by atoms with Crippen LogP contribution in [0.15, 0.2) is 42.7 Å². The Morgan fingerprint density at radius 1 is 1.07 bits per heavy atom.